The number of fused-ring (bicyclic) bond motifs is 5. The normalized spacial score (nSPS) is 31.6. The molecule has 11 atom stereocenters. The third-order valence-electron chi connectivity index (χ3n) is 13.6. The quantitative estimate of drug-likeness (QED) is 0.126. The van der Waals surface area contributed by atoms with Crippen molar-refractivity contribution in [2.45, 2.75) is 108 Å². The van der Waals surface area contributed by atoms with E-state index in [0.29, 0.717) is 10.6 Å². The zero-order chi connectivity index (χ0) is 45.8. The SMILES string of the molecule is CC(=O)O[C@H]1C(=O)[C@]2(C)[C@@H](O)CC3OC[C@@]3(OC(C)=O)[C@H]2[C@H](OC(=O)c2ccc(Cl)cc2)[C@]2(O)C[C@H](OC(=O)[C@H](O)[C@@H](NC(=O)c3ccccc3)c3ccccc3)C(C)=C1C2(C)C. The highest BCUT2D eigenvalue weighted by Crippen LogP contribution is 2.64. The Hall–Kier alpha value is -5.45. The Kier molecular flexibility index (Phi) is 12.2. The van der Waals surface area contributed by atoms with Gasteiger partial charge in [-0.05, 0) is 67.0 Å². The van der Waals surface area contributed by atoms with Gasteiger partial charge in [-0.2, -0.15) is 0 Å². The molecular weight excluding hydrogens is 838 g/mol. The van der Waals surface area contributed by atoms with Crippen LogP contribution in [0.15, 0.2) is 96.1 Å². The molecule has 16 heteroatoms. The molecule has 4 N–H and O–H groups in total. The zero-order valence-electron chi connectivity index (χ0n) is 35.5. The van der Waals surface area contributed by atoms with Crippen LogP contribution in [-0.4, -0.2) is 105 Å². The lowest BCUT2D eigenvalue weighted by atomic mass is 9.44. The number of nitrogens with one attached hydrogen (secondary N) is 1. The summed E-state index contributed by atoms with van der Waals surface area (Å²) >= 11 is 6.14. The van der Waals surface area contributed by atoms with E-state index in [-0.39, 0.29) is 35.3 Å². The molecule has 7 rings (SSSR count). The summed E-state index contributed by atoms with van der Waals surface area (Å²) in [6, 6.07) is 20.7. The van der Waals surface area contributed by atoms with Gasteiger partial charge < -0.3 is 44.3 Å². The van der Waals surface area contributed by atoms with Crippen molar-refractivity contribution in [3.8, 4) is 0 Å². The minimum Gasteiger partial charge on any atom is -0.456 e. The van der Waals surface area contributed by atoms with E-state index >= 15 is 4.79 Å². The molecule has 1 aliphatic heterocycles. The summed E-state index contributed by atoms with van der Waals surface area (Å²) in [5.41, 5.74) is -7.25. The van der Waals surface area contributed by atoms with Gasteiger partial charge in [0.1, 0.15) is 23.9 Å². The second-order valence-electron chi connectivity index (χ2n) is 17.5. The van der Waals surface area contributed by atoms with E-state index in [9.17, 15) is 39.3 Å². The topological polar surface area (TPSA) is 221 Å². The molecule has 1 amide bonds. The van der Waals surface area contributed by atoms with E-state index in [1.807, 2.05) is 0 Å². The Morgan fingerprint density at radius 1 is 0.857 bits per heavy atom. The molecule has 15 nitrogen and oxygen atoms in total. The van der Waals surface area contributed by atoms with Crippen molar-refractivity contribution >= 4 is 47.2 Å². The van der Waals surface area contributed by atoms with Gasteiger partial charge in [0.05, 0.1) is 35.6 Å². The van der Waals surface area contributed by atoms with Crippen LogP contribution < -0.4 is 5.32 Å². The van der Waals surface area contributed by atoms with Crippen LogP contribution >= 0.6 is 11.6 Å². The Balaban J connectivity index is 1.39. The fourth-order valence-electron chi connectivity index (χ4n) is 10.2. The van der Waals surface area contributed by atoms with Gasteiger partial charge >= 0.3 is 23.9 Å². The fraction of sp³-hybridized carbons (Fsp3) is 0.447. The Morgan fingerprint density at radius 2 is 1.48 bits per heavy atom. The maximum atomic E-state index is 15.5. The van der Waals surface area contributed by atoms with E-state index in [0.717, 1.165) is 13.8 Å². The summed E-state index contributed by atoms with van der Waals surface area (Å²) in [6.07, 6.45) is -10.7. The summed E-state index contributed by atoms with van der Waals surface area (Å²) < 4.78 is 30.3. The lowest BCUT2D eigenvalue weighted by molar-refractivity contribution is -0.346. The van der Waals surface area contributed by atoms with Crippen LogP contribution in [-0.2, 0) is 42.9 Å². The largest absolute Gasteiger partial charge is 0.456 e. The van der Waals surface area contributed by atoms with Crippen molar-refractivity contribution in [3.05, 3.63) is 118 Å². The number of aliphatic hydroxyl groups excluding tert-OH is 2. The monoisotopic (exact) mass is 887 g/mol. The number of ether oxygens (including phenoxy) is 5. The van der Waals surface area contributed by atoms with E-state index < -0.39 is 113 Å². The smallest absolute Gasteiger partial charge is 0.338 e. The van der Waals surface area contributed by atoms with E-state index in [4.69, 9.17) is 35.3 Å². The molecule has 0 spiro atoms. The first-order chi connectivity index (χ1) is 29.7. The Labute approximate surface area is 368 Å². The number of hydrogen-bond donors (Lipinski definition) is 4. The molecule has 2 saturated carbocycles. The summed E-state index contributed by atoms with van der Waals surface area (Å²) in [5, 5.41) is 40.6. The molecule has 3 aliphatic carbocycles. The summed E-state index contributed by atoms with van der Waals surface area (Å²) in [6.45, 7) is 7.89. The predicted molar refractivity (Wildman–Crippen MR) is 223 cm³/mol. The van der Waals surface area contributed by atoms with Crippen LogP contribution in [0.1, 0.15) is 86.7 Å². The van der Waals surface area contributed by atoms with Crippen LogP contribution in [0.3, 0.4) is 0 Å². The van der Waals surface area contributed by atoms with Crippen molar-refractivity contribution in [1.29, 1.82) is 0 Å². The fourth-order valence-corrected chi connectivity index (χ4v) is 10.3. The zero-order valence-corrected chi connectivity index (χ0v) is 36.3. The number of hydrogen-bond acceptors (Lipinski definition) is 14. The number of carbonyl (C=O) groups excluding carboxylic acids is 6. The molecule has 3 aromatic rings. The minimum absolute atomic E-state index is 0.00801. The maximum absolute atomic E-state index is 15.5. The molecule has 0 aromatic heterocycles. The third-order valence-corrected chi connectivity index (χ3v) is 13.8. The summed E-state index contributed by atoms with van der Waals surface area (Å²) in [5.74, 6) is -6.99. The van der Waals surface area contributed by atoms with E-state index in [1.165, 1.54) is 38.1 Å². The highest BCUT2D eigenvalue weighted by Gasteiger charge is 2.78. The van der Waals surface area contributed by atoms with Gasteiger partial charge in [-0.1, -0.05) is 74.0 Å². The van der Waals surface area contributed by atoms with Gasteiger partial charge in [0, 0.05) is 42.7 Å². The molecule has 1 saturated heterocycles. The van der Waals surface area contributed by atoms with Crippen LogP contribution in [0.5, 0.6) is 0 Å². The summed E-state index contributed by atoms with van der Waals surface area (Å²) in [7, 11) is 0. The molecule has 0 radical (unpaired) electrons. The van der Waals surface area contributed by atoms with Gasteiger partial charge in [0.15, 0.2) is 23.6 Å². The molecule has 1 unspecified atom stereocenters. The van der Waals surface area contributed by atoms with Crippen molar-refractivity contribution in [1.82, 2.24) is 5.32 Å². The van der Waals surface area contributed by atoms with E-state index in [1.54, 1.807) is 74.5 Å². The second-order valence-corrected chi connectivity index (χ2v) is 17.9. The van der Waals surface area contributed by atoms with Gasteiger partial charge in [-0.3, -0.25) is 19.2 Å². The average Bonchev–Trinajstić information content (AvgIpc) is 3.24. The highest BCUT2D eigenvalue weighted by atomic mass is 35.5. The van der Waals surface area contributed by atoms with Crippen molar-refractivity contribution in [3.63, 3.8) is 0 Å². The number of halogens is 1. The summed E-state index contributed by atoms with van der Waals surface area (Å²) in [4.78, 5) is 83.6. The third kappa shape index (κ3) is 7.73. The number of Topliss-reactive ketones (excluding diaryl/α,β-unsaturated/α-hetero) is 1. The molecule has 63 heavy (non-hydrogen) atoms. The predicted octanol–water partition coefficient (Wildman–Crippen LogP) is 4.39. The lowest BCUT2D eigenvalue weighted by Crippen LogP contribution is -2.82. The first-order valence-corrected chi connectivity index (χ1v) is 21.0. The Bertz CT molecular complexity index is 2340. The maximum Gasteiger partial charge on any atom is 0.338 e. The minimum atomic E-state index is -2.42. The number of aliphatic hydroxyl groups is 3. The molecule has 4 aliphatic rings. The first kappa shape index (κ1) is 45.6. The molecule has 3 aromatic carbocycles. The number of benzene rings is 3. The first-order valence-electron chi connectivity index (χ1n) is 20.6. The standard InChI is InChI=1S/C47H50ClNO14/c1-24-31(61-43(57)36(53)35(27-13-9-7-10-14-27)49-41(55)28-15-11-8-12-16-28)22-47(58)40(62-42(56)29-17-19-30(48)20-18-29)38-45(6,32(52)21-33-46(38,23-59-33)63-26(3)51)39(54)37(60-25(2)50)34(24)44(47,4)5/h7-20,31-33,35-38,40,52-53,58H,21-23H2,1-6H3,(H,49,55)/t31-,32-,33?,35-,36+,37+,38-,40-,45+,46-,47+/m0/s1. The highest BCUT2D eigenvalue weighted by molar-refractivity contribution is 6.30. The van der Waals surface area contributed by atoms with Gasteiger partial charge in [-0.15, -0.1) is 0 Å². The number of amides is 1. The number of rotatable bonds is 10. The van der Waals surface area contributed by atoms with Gasteiger partial charge in [-0.25, -0.2) is 9.59 Å². The molecule has 1 heterocycles. The molecule has 3 fully saturated rings. The number of ketones is 1. The molecular formula is C47H50ClNO14. The van der Waals surface area contributed by atoms with Crippen LogP contribution in [0, 0.1) is 16.7 Å². The second kappa shape index (κ2) is 16.9. The number of carbonyl (C=O) groups is 6. The van der Waals surface area contributed by atoms with Crippen molar-refractivity contribution in [2.24, 2.45) is 16.7 Å². The van der Waals surface area contributed by atoms with Crippen molar-refractivity contribution < 1.29 is 67.8 Å². The van der Waals surface area contributed by atoms with E-state index in [2.05, 4.69) is 5.32 Å². The van der Waals surface area contributed by atoms with Crippen LogP contribution in [0.4, 0.5) is 0 Å². The van der Waals surface area contributed by atoms with Crippen LogP contribution in [0.25, 0.3) is 0 Å². The van der Waals surface area contributed by atoms with Gasteiger partial charge in [0.2, 0.25) is 0 Å². The molecule has 334 valence electrons. The Morgan fingerprint density at radius 3 is 2.05 bits per heavy atom. The lowest BCUT2D eigenvalue weighted by Gasteiger charge is -2.67. The average molecular weight is 888 g/mol. The van der Waals surface area contributed by atoms with Crippen LogP contribution in [0.2, 0.25) is 5.02 Å². The number of esters is 4. The molecule has 2 bridgehead atoms. The van der Waals surface area contributed by atoms with Crippen molar-refractivity contribution in [2.75, 3.05) is 6.61 Å². The van der Waals surface area contributed by atoms with Gasteiger partial charge in [0.25, 0.3) is 5.91 Å².